The number of fused-ring (bicyclic) bond motifs is 1. The second-order valence-corrected chi connectivity index (χ2v) is 10.4. The summed E-state index contributed by atoms with van der Waals surface area (Å²) in [5, 5.41) is 4.87. The molecule has 0 N–H and O–H groups in total. The Morgan fingerprint density at radius 1 is 0.951 bits per heavy atom. The van der Waals surface area contributed by atoms with Crippen molar-refractivity contribution in [2.45, 2.75) is 13.0 Å². The standard InChI is InChI=1S/C32H26N4O4S/c1-20-27(31(38)40-3)29(22-14-16-25(39-2)17-15-22)36-30(37)26(41-32(36)33-20)18-23-19-35(24-12-8-5-9-13-24)34-28(23)21-10-6-4-7-11-21/h4-19,29H,1-3H3/b26-18-/t29-/m0/s1. The highest BCUT2D eigenvalue weighted by Gasteiger charge is 2.33. The number of benzene rings is 3. The van der Waals surface area contributed by atoms with Crippen molar-refractivity contribution >= 4 is 23.4 Å². The van der Waals surface area contributed by atoms with Gasteiger partial charge in [0.1, 0.15) is 5.75 Å². The van der Waals surface area contributed by atoms with Crippen molar-refractivity contribution in [1.29, 1.82) is 0 Å². The molecule has 9 heteroatoms. The number of aromatic nitrogens is 3. The summed E-state index contributed by atoms with van der Waals surface area (Å²) in [5.41, 5.74) is 4.69. The Kier molecular flexibility index (Phi) is 6.94. The lowest BCUT2D eigenvalue weighted by atomic mass is 9.96. The summed E-state index contributed by atoms with van der Waals surface area (Å²) >= 11 is 1.28. The number of carbonyl (C=O) groups is 1. The number of nitrogens with zero attached hydrogens (tertiary/aromatic N) is 4. The minimum atomic E-state index is -0.701. The predicted octanol–water partition coefficient (Wildman–Crippen LogP) is 4.27. The van der Waals surface area contributed by atoms with Gasteiger partial charge in [0.25, 0.3) is 5.56 Å². The van der Waals surface area contributed by atoms with Gasteiger partial charge >= 0.3 is 5.97 Å². The van der Waals surface area contributed by atoms with Crippen LogP contribution in [0.15, 0.2) is 112 Å². The van der Waals surface area contributed by atoms with E-state index in [4.69, 9.17) is 14.6 Å². The van der Waals surface area contributed by atoms with Gasteiger partial charge in [0, 0.05) is 17.3 Å². The van der Waals surface area contributed by atoms with E-state index in [0.717, 1.165) is 28.1 Å². The second kappa shape index (κ2) is 10.9. The molecule has 8 nitrogen and oxygen atoms in total. The molecule has 0 radical (unpaired) electrons. The summed E-state index contributed by atoms with van der Waals surface area (Å²) in [4.78, 5) is 32.2. The van der Waals surface area contributed by atoms with Crippen LogP contribution in [0.2, 0.25) is 0 Å². The molecule has 0 saturated carbocycles. The lowest BCUT2D eigenvalue weighted by molar-refractivity contribution is -0.136. The molecular weight excluding hydrogens is 536 g/mol. The lowest BCUT2D eigenvalue weighted by Crippen LogP contribution is -2.39. The molecule has 6 rings (SSSR count). The fourth-order valence-electron chi connectivity index (χ4n) is 4.96. The fraction of sp³-hybridized carbons (Fsp3) is 0.125. The van der Waals surface area contributed by atoms with Crippen molar-refractivity contribution < 1.29 is 14.3 Å². The lowest BCUT2D eigenvalue weighted by Gasteiger charge is -2.24. The van der Waals surface area contributed by atoms with Gasteiger partial charge in [0.2, 0.25) is 0 Å². The summed E-state index contributed by atoms with van der Waals surface area (Å²) in [7, 11) is 2.92. The first kappa shape index (κ1) is 26.2. The van der Waals surface area contributed by atoms with Gasteiger partial charge in [-0.3, -0.25) is 9.36 Å². The first-order chi connectivity index (χ1) is 20.0. The molecule has 204 valence electrons. The maximum atomic E-state index is 14.1. The monoisotopic (exact) mass is 562 g/mol. The minimum absolute atomic E-state index is 0.255. The molecule has 1 atom stereocenters. The van der Waals surface area contributed by atoms with E-state index >= 15 is 0 Å². The van der Waals surface area contributed by atoms with Gasteiger partial charge in [0.15, 0.2) is 4.80 Å². The van der Waals surface area contributed by atoms with E-state index in [0.29, 0.717) is 26.4 Å². The van der Waals surface area contributed by atoms with Gasteiger partial charge in [-0.05, 0) is 42.8 Å². The average molecular weight is 563 g/mol. The number of para-hydroxylation sites is 1. The third-order valence-corrected chi connectivity index (χ3v) is 7.94. The minimum Gasteiger partial charge on any atom is -0.497 e. The Balaban J connectivity index is 1.56. The molecule has 3 aromatic carbocycles. The van der Waals surface area contributed by atoms with Crippen LogP contribution >= 0.6 is 11.3 Å². The van der Waals surface area contributed by atoms with Crippen LogP contribution in [0, 0.1) is 0 Å². The van der Waals surface area contributed by atoms with E-state index in [-0.39, 0.29) is 5.56 Å². The Hall–Kier alpha value is -5.02. The van der Waals surface area contributed by atoms with Gasteiger partial charge in [-0.2, -0.15) is 5.10 Å². The van der Waals surface area contributed by atoms with Gasteiger partial charge in [-0.15, -0.1) is 0 Å². The molecule has 1 aliphatic rings. The Morgan fingerprint density at radius 3 is 2.29 bits per heavy atom. The van der Waals surface area contributed by atoms with Crippen LogP contribution in [0.25, 0.3) is 23.0 Å². The number of thiazole rings is 1. The average Bonchev–Trinajstić information content (AvgIpc) is 3.57. The second-order valence-electron chi connectivity index (χ2n) is 9.43. The summed E-state index contributed by atoms with van der Waals surface area (Å²) in [5.74, 6) is 0.141. The smallest absolute Gasteiger partial charge is 0.338 e. The molecule has 1 aliphatic heterocycles. The van der Waals surface area contributed by atoms with Gasteiger partial charge in [-0.25, -0.2) is 14.5 Å². The number of rotatable bonds is 6. The molecule has 2 aromatic heterocycles. The number of allylic oxidation sites excluding steroid dienone is 1. The zero-order valence-electron chi connectivity index (χ0n) is 22.6. The maximum Gasteiger partial charge on any atom is 0.338 e. The molecule has 5 aromatic rings. The number of carbonyl (C=O) groups excluding carboxylic acids is 1. The molecule has 0 unspecified atom stereocenters. The molecule has 0 bridgehead atoms. The van der Waals surface area contributed by atoms with E-state index < -0.39 is 12.0 Å². The molecule has 0 fully saturated rings. The quantitative estimate of drug-likeness (QED) is 0.289. The first-order valence-electron chi connectivity index (χ1n) is 12.9. The number of hydrogen-bond acceptors (Lipinski definition) is 7. The van der Waals surface area contributed by atoms with E-state index in [1.54, 1.807) is 30.7 Å². The largest absolute Gasteiger partial charge is 0.497 e. The van der Waals surface area contributed by atoms with E-state index in [9.17, 15) is 9.59 Å². The van der Waals surface area contributed by atoms with Crippen LogP contribution in [0.5, 0.6) is 5.75 Å². The van der Waals surface area contributed by atoms with Crippen LogP contribution in [0.3, 0.4) is 0 Å². The molecule has 0 amide bonds. The predicted molar refractivity (Wildman–Crippen MR) is 158 cm³/mol. The van der Waals surface area contributed by atoms with Crippen molar-refractivity contribution in [2.75, 3.05) is 14.2 Å². The van der Waals surface area contributed by atoms with Gasteiger partial charge in [0.05, 0.1) is 47.4 Å². The van der Waals surface area contributed by atoms with Crippen LogP contribution in [0.4, 0.5) is 0 Å². The number of esters is 1. The number of ether oxygens (including phenoxy) is 2. The number of hydrogen-bond donors (Lipinski definition) is 0. The highest BCUT2D eigenvalue weighted by atomic mass is 32.1. The molecule has 0 aliphatic carbocycles. The Bertz CT molecular complexity index is 1950. The third kappa shape index (κ3) is 4.81. The molecule has 41 heavy (non-hydrogen) atoms. The summed E-state index contributed by atoms with van der Waals surface area (Å²) in [6.07, 6.45) is 3.77. The summed E-state index contributed by atoms with van der Waals surface area (Å²) < 4.78 is 14.3. The Labute approximate surface area is 239 Å². The van der Waals surface area contributed by atoms with Crippen molar-refractivity contribution in [1.82, 2.24) is 14.3 Å². The van der Waals surface area contributed by atoms with Crippen LogP contribution in [-0.4, -0.2) is 34.5 Å². The molecular formula is C32H26N4O4S. The van der Waals surface area contributed by atoms with Gasteiger partial charge < -0.3 is 9.47 Å². The normalized spacial score (nSPS) is 14.9. The van der Waals surface area contributed by atoms with Crippen LogP contribution < -0.4 is 19.6 Å². The SMILES string of the molecule is COC(=O)C1=C(C)N=c2s/c(=C\c3cn(-c4ccccc4)nc3-c3ccccc3)c(=O)n2[C@H]1c1ccc(OC)cc1. The highest BCUT2D eigenvalue weighted by Crippen LogP contribution is 2.31. The molecule has 3 heterocycles. The van der Waals surface area contributed by atoms with Gasteiger partial charge in [-0.1, -0.05) is 72.0 Å². The van der Waals surface area contributed by atoms with E-state index in [1.165, 1.54) is 18.4 Å². The van der Waals surface area contributed by atoms with Crippen molar-refractivity contribution in [2.24, 2.45) is 4.99 Å². The number of methoxy groups -OCH3 is 2. The first-order valence-corrected chi connectivity index (χ1v) is 13.8. The topological polar surface area (TPSA) is 87.7 Å². The fourth-order valence-corrected chi connectivity index (χ4v) is 6.00. The molecule has 0 spiro atoms. The van der Waals surface area contributed by atoms with Crippen LogP contribution in [-0.2, 0) is 9.53 Å². The van der Waals surface area contributed by atoms with Crippen molar-refractivity contribution in [3.8, 4) is 22.7 Å². The van der Waals surface area contributed by atoms with Crippen molar-refractivity contribution in [3.05, 3.63) is 133 Å². The summed E-state index contributed by atoms with van der Waals surface area (Å²) in [6.45, 7) is 1.76. The van der Waals surface area contributed by atoms with Crippen molar-refractivity contribution in [3.63, 3.8) is 0 Å². The van der Waals surface area contributed by atoms with E-state index in [2.05, 4.69) is 4.99 Å². The zero-order chi connectivity index (χ0) is 28.5. The highest BCUT2D eigenvalue weighted by molar-refractivity contribution is 7.07. The Morgan fingerprint density at radius 2 is 1.63 bits per heavy atom. The third-order valence-electron chi connectivity index (χ3n) is 6.96. The molecule has 0 saturated heterocycles. The summed E-state index contributed by atoms with van der Waals surface area (Å²) in [6, 6.07) is 26.3. The zero-order valence-corrected chi connectivity index (χ0v) is 23.5. The van der Waals surface area contributed by atoms with E-state index in [1.807, 2.05) is 89.8 Å². The van der Waals surface area contributed by atoms with Crippen LogP contribution in [0.1, 0.15) is 24.1 Å². The maximum absolute atomic E-state index is 14.1.